The third-order valence-electron chi connectivity index (χ3n) is 8.87. The first kappa shape index (κ1) is 34.4. The average Bonchev–Trinajstić information content (AvgIpc) is 3.72. The second-order valence-electron chi connectivity index (χ2n) is 12.4. The minimum Gasteiger partial charge on any atom is -0.481 e. The summed E-state index contributed by atoms with van der Waals surface area (Å²) in [7, 11) is 0. The number of thiazole rings is 1. The molecule has 254 valence electrons. The van der Waals surface area contributed by atoms with Gasteiger partial charge in [0.15, 0.2) is 22.5 Å². The molecule has 11 nitrogen and oxygen atoms in total. The van der Waals surface area contributed by atoms with Crippen LogP contribution in [0.1, 0.15) is 56.3 Å². The monoisotopic (exact) mass is 680 g/mol. The fourth-order valence-electron chi connectivity index (χ4n) is 6.28. The Labute approximate surface area is 272 Å². The van der Waals surface area contributed by atoms with Gasteiger partial charge in [0.25, 0.3) is 5.92 Å². The Balaban J connectivity index is 1.57. The number of aliphatic imine (C=N–C) groups is 1. The van der Waals surface area contributed by atoms with Gasteiger partial charge < -0.3 is 15.2 Å². The molecule has 2 aromatic rings. The minimum absolute atomic E-state index is 0.00796. The van der Waals surface area contributed by atoms with Gasteiger partial charge in [-0.1, -0.05) is 6.07 Å². The molecule has 4 heterocycles. The summed E-state index contributed by atoms with van der Waals surface area (Å²) >= 11 is 1.23. The standard InChI is InChI=1S/C31H36F4N6O5S/c1-6-46-28(43)22-20(37-26(27-36-10-12-47-27)38-24(22)18-7-8-19(32)23(33)16(18)2)13-39-15-31(34,35)25-21(39)14-41(17(3)42)40(25)11-9-30(4,5)29(44)45/h7-8,10,12,21,24-25H,6,9,11,13-15H2,1-5H3,(H,37,38)(H,44,45)/t21-,24+,25+/m0/s1. The largest absolute Gasteiger partial charge is 0.481 e. The second kappa shape index (κ2) is 13.0. The molecule has 0 radical (unpaired) electrons. The second-order valence-corrected chi connectivity index (χ2v) is 13.3. The van der Waals surface area contributed by atoms with Crippen molar-refractivity contribution in [1.82, 2.24) is 25.2 Å². The first-order valence-corrected chi connectivity index (χ1v) is 15.9. The van der Waals surface area contributed by atoms with Gasteiger partial charge in [-0.05, 0) is 51.3 Å². The van der Waals surface area contributed by atoms with Gasteiger partial charge >= 0.3 is 11.9 Å². The smallest absolute Gasteiger partial charge is 0.338 e. The molecule has 0 saturated carbocycles. The summed E-state index contributed by atoms with van der Waals surface area (Å²) in [6, 6.07) is -1.29. The zero-order valence-electron chi connectivity index (χ0n) is 26.5. The summed E-state index contributed by atoms with van der Waals surface area (Å²) in [6.45, 7) is 6.01. The van der Waals surface area contributed by atoms with Crippen molar-refractivity contribution in [2.24, 2.45) is 10.4 Å². The number of nitrogens with one attached hydrogen (secondary N) is 1. The lowest BCUT2D eigenvalue weighted by atomic mass is 9.89. The number of esters is 1. The van der Waals surface area contributed by atoms with E-state index in [0.29, 0.717) is 5.01 Å². The van der Waals surface area contributed by atoms with E-state index >= 15 is 8.78 Å². The maximum atomic E-state index is 15.9. The van der Waals surface area contributed by atoms with Crippen molar-refractivity contribution in [3.05, 3.63) is 62.7 Å². The van der Waals surface area contributed by atoms with Crippen molar-refractivity contribution in [3.63, 3.8) is 0 Å². The van der Waals surface area contributed by atoms with E-state index in [4.69, 9.17) is 4.74 Å². The molecule has 47 heavy (non-hydrogen) atoms. The molecule has 3 aliphatic rings. The Morgan fingerprint density at radius 2 is 1.96 bits per heavy atom. The number of amides is 1. The Morgan fingerprint density at radius 1 is 1.23 bits per heavy atom. The number of aliphatic carboxylic acids is 1. The lowest BCUT2D eigenvalue weighted by Gasteiger charge is -2.35. The van der Waals surface area contributed by atoms with Crippen LogP contribution in [0.3, 0.4) is 0 Å². The number of halogens is 4. The summed E-state index contributed by atoms with van der Waals surface area (Å²) in [5.74, 6) is -7.70. The van der Waals surface area contributed by atoms with Crippen LogP contribution in [0, 0.1) is 24.0 Å². The number of carboxylic acids is 1. The van der Waals surface area contributed by atoms with Crippen molar-refractivity contribution < 1.29 is 41.8 Å². The number of nitrogens with zero attached hydrogens (tertiary/aromatic N) is 5. The van der Waals surface area contributed by atoms with Gasteiger partial charge in [-0.15, -0.1) is 11.3 Å². The highest BCUT2D eigenvalue weighted by Crippen LogP contribution is 2.43. The average molecular weight is 681 g/mol. The number of benzene rings is 1. The van der Waals surface area contributed by atoms with E-state index in [1.54, 1.807) is 12.3 Å². The molecule has 3 atom stereocenters. The van der Waals surface area contributed by atoms with Gasteiger partial charge in [-0.3, -0.25) is 24.5 Å². The number of ether oxygens (including phenoxy) is 1. The number of likely N-dealkylation sites (tertiary alicyclic amines) is 1. The van der Waals surface area contributed by atoms with Crippen molar-refractivity contribution in [2.45, 2.75) is 65.1 Å². The number of hydrazine groups is 1. The molecule has 0 bridgehead atoms. The van der Waals surface area contributed by atoms with Crippen molar-refractivity contribution in [3.8, 4) is 0 Å². The third kappa shape index (κ3) is 6.50. The van der Waals surface area contributed by atoms with E-state index in [1.807, 2.05) is 0 Å². The van der Waals surface area contributed by atoms with Crippen molar-refractivity contribution in [2.75, 3.05) is 32.8 Å². The Hall–Kier alpha value is -3.89. The van der Waals surface area contributed by atoms with E-state index in [1.165, 1.54) is 66.2 Å². The predicted molar refractivity (Wildman–Crippen MR) is 164 cm³/mol. The van der Waals surface area contributed by atoms with E-state index in [9.17, 15) is 28.3 Å². The number of carbonyl (C=O) groups is 3. The Morgan fingerprint density at radius 3 is 2.57 bits per heavy atom. The molecule has 0 spiro atoms. The first-order chi connectivity index (χ1) is 22.1. The number of carboxylic acid groups (broad SMARTS) is 1. The maximum Gasteiger partial charge on any atom is 0.338 e. The van der Waals surface area contributed by atoms with Crippen LogP contribution in [0.25, 0.3) is 0 Å². The number of amidine groups is 1. The van der Waals surface area contributed by atoms with Crippen LogP contribution in [0.4, 0.5) is 17.6 Å². The van der Waals surface area contributed by atoms with E-state index in [0.717, 1.165) is 6.07 Å². The molecule has 2 N–H and O–H groups in total. The lowest BCUT2D eigenvalue weighted by Crippen LogP contribution is -2.52. The van der Waals surface area contributed by atoms with Gasteiger partial charge in [0.1, 0.15) is 12.1 Å². The molecule has 5 rings (SSSR count). The van der Waals surface area contributed by atoms with Gasteiger partial charge in [-0.2, -0.15) is 0 Å². The molecule has 1 amide bonds. The van der Waals surface area contributed by atoms with Crippen LogP contribution < -0.4 is 5.32 Å². The van der Waals surface area contributed by atoms with Crippen LogP contribution in [0.15, 0.2) is 40.0 Å². The van der Waals surface area contributed by atoms with Gasteiger partial charge in [0, 0.05) is 37.3 Å². The Bertz CT molecular complexity index is 1630. The fourth-order valence-corrected chi connectivity index (χ4v) is 6.87. The van der Waals surface area contributed by atoms with Crippen molar-refractivity contribution in [1.29, 1.82) is 0 Å². The SMILES string of the molecule is CCOC(=O)C1=C(CN2CC(F)(F)[C@H]3[C@@H]2CN(C(C)=O)N3CCC(C)(C)C(=O)O)NC(c2nccs2)=N[C@@H]1c1ccc(F)c(F)c1C. The molecular weight excluding hydrogens is 644 g/mol. The lowest BCUT2D eigenvalue weighted by molar-refractivity contribution is -0.156. The Kier molecular flexibility index (Phi) is 9.50. The van der Waals surface area contributed by atoms with Crippen LogP contribution in [0.5, 0.6) is 0 Å². The van der Waals surface area contributed by atoms with Crippen molar-refractivity contribution >= 4 is 35.0 Å². The number of aromatic nitrogens is 1. The number of carbonyl (C=O) groups excluding carboxylic acids is 2. The van der Waals surface area contributed by atoms with Crippen LogP contribution in [-0.4, -0.2) is 99.5 Å². The van der Waals surface area contributed by atoms with Gasteiger partial charge in [-0.25, -0.2) is 32.3 Å². The quantitative estimate of drug-likeness (QED) is 0.284. The summed E-state index contributed by atoms with van der Waals surface area (Å²) in [4.78, 5) is 48.4. The highest BCUT2D eigenvalue weighted by molar-refractivity contribution is 7.11. The summed E-state index contributed by atoms with van der Waals surface area (Å²) in [5.41, 5.74) is -1.03. The topological polar surface area (TPSA) is 128 Å². The number of hydrogen-bond acceptors (Lipinski definition) is 10. The third-order valence-corrected chi connectivity index (χ3v) is 9.65. The summed E-state index contributed by atoms with van der Waals surface area (Å²) in [6.07, 6.45) is 1.54. The van der Waals surface area contributed by atoms with E-state index in [2.05, 4.69) is 15.3 Å². The maximum absolute atomic E-state index is 15.9. The highest BCUT2D eigenvalue weighted by atomic mass is 32.1. The molecule has 16 heteroatoms. The van der Waals surface area contributed by atoms with E-state index in [-0.39, 0.29) is 60.9 Å². The van der Waals surface area contributed by atoms with E-state index < -0.39 is 65.5 Å². The molecule has 3 aliphatic heterocycles. The van der Waals surface area contributed by atoms with Crippen LogP contribution >= 0.6 is 11.3 Å². The van der Waals surface area contributed by atoms with Gasteiger partial charge in [0.05, 0.1) is 36.7 Å². The van der Waals surface area contributed by atoms with Gasteiger partial charge in [0.2, 0.25) is 5.91 Å². The number of fused-ring (bicyclic) bond motifs is 1. The summed E-state index contributed by atoms with van der Waals surface area (Å²) < 4.78 is 66.2. The molecule has 1 aromatic heterocycles. The number of rotatable bonds is 10. The van der Waals surface area contributed by atoms with Crippen LogP contribution in [-0.2, 0) is 19.1 Å². The first-order valence-electron chi connectivity index (χ1n) is 15.1. The molecular formula is C31H36F4N6O5S. The fraction of sp³-hybridized carbons (Fsp3) is 0.516. The normalized spacial score (nSPS) is 23.0. The minimum atomic E-state index is -3.33. The zero-order chi connectivity index (χ0) is 34.4. The molecule has 0 unspecified atom stereocenters. The summed E-state index contributed by atoms with van der Waals surface area (Å²) in [5, 5.41) is 17.3. The number of hydrogen-bond donors (Lipinski definition) is 2. The number of alkyl halides is 2. The predicted octanol–water partition coefficient (Wildman–Crippen LogP) is 3.91. The molecule has 1 aromatic carbocycles. The molecule has 0 aliphatic carbocycles. The molecule has 2 fully saturated rings. The highest BCUT2D eigenvalue weighted by Gasteiger charge is 2.62. The van der Waals surface area contributed by atoms with Crippen LogP contribution in [0.2, 0.25) is 0 Å². The molecule has 2 saturated heterocycles. The zero-order valence-corrected chi connectivity index (χ0v) is 27.3.